The Balaban J connectivity index is 3.10. The first-order valence-corrected chi connectivity index (χ1v) is 6.07. The van der Waals surface area contributed by atoms with E-state index < -0.39 is 0 Å². The molecule has 0 aliphatic rings. The van der Waals surface area contributed by atoms with Gasteiger partial charge in [0.1, 0.15) is 11.5 Å². The monoisotopic (exact) mass is 237 g/mol. The molecule has 17 heavy (non-hydrogen) atoms. The van der Waals surface area contributed by atoms with E-state index in [-0.39, 0.29) is 0 Å². The predicted molar refractivity (Wildman–Crippen MR) is 70.8 cm³/mol. The molecule has 0 spiro atoms. The predicted octanol–water partition coefficient (Wildman–Crippen LogP) is 3.01. The van der Waals surface area contributed by atoms with Crippen molar-refractivity contribution in [2.75, 3.05) is 21.3 Å². The molecule has 0 amide bonds. The second-order valence-corrected chi connectivity index (χ2v) is 4.26. The van der Waals surface area contributed by atoms with E-state index in [1.54, 1.807) is 14.2 Å². The maximum absolute atomic E-state index is 5.45. The number of hydrogen-bond acceptors (Lipinski definition) is 3. The molecule has 0 saturated heterocycles. The Bertz CT molecular complexity index is 352. The minimum absolute atomic E-state index is 0.306. The minimum Gasteiger partial charge on any atom is -0.497 e. The molecule has 1 aromatic carbocycles. The standard InChI is InChI=1S/C14H23NO2/c1-6-10(2)14(15-3)12-8-7-11(16-4)9-13(12)17-5/h7-10,14-15H,6H2,1-5H3. The van der Waals surface area contributed by atoms with Gasteiger partial charge in [-0.05, 0) is 19.0 Å². The van der Waals surface area contributed by atoms with E-state index in [2.05, 4.69) is 25.2 Å². The Morgan fingerprint density at radius 1 is 1.24 bits per heavy atom. The van der Waals surface area contributed by atoms with Gasteiger partial charge in [-0.3, -0.25) is 0 Å². The number of benzene rings is 1. The van der Waals surface area contributed by atoms with E-state index in [4.69, 9.17) is 9.47 Å². The highest BCUT2D eigenvalue weighted by Gasteiger charge is 2.20. The van der Waals surface area contributed by atoms with Crippen molar-refractivity contribution < 1.29 is 9.47 Å². The summed E-state index contributed by atoms with van der Waals surface area (Å²) in [6.07, 6.45) is 1.13. The Morgan fingerprint density at radius 2 is 1.94 bits per heavy atom. The van der Waals surface area contributed by atoms with Gasteiger partial charge in [0.2, 0.25) is 0 Å². The van der Waals surface area contributed by atoms with Gasteiger partial charge in [-0.15, -0.1) is 0 Å². The molecule has 1 rings (SSSR count). The maximum Gasteiger partial charge on any atom is 0.127 e. The largest absolute Gasteiger partial charge is 0.497 e. The molecule has 0 fully saturated rings. The van der Waals surface area contributed by atoms with Crippen LogP contribution in [0, 0.1) is 5.92 Å². The lowest BCUT2D eigenvalue weighted by Crippen LogP contribution is -2.23. The topological polar surface area (TPSA) is 30.5 Å². The summed E-state index contributed by atoms with van der Waals surface area (Å²) in [6, 6.07) is 6.29. The van der Waals surface area contributed by atoms with Crippen molar-refractivity contribution in [2.24, 2.45) is 5.92 Å². The molecule has 0 radical (unpaired) electrons. The molecule has 0 aliphatic heterocycles. The van der Waals surface area contributed by atoms with Crippen LogP contribution in [-0.4, -0.2) is 21.3 Å². The van der Waals surface area contributed by atoms with Crippen LogP contribution in [0.4, 0.5) is 0 Å². The third-order valence-electron chi connectivity index (χ3n) is 3.30. The van der Waals surface area contributed by atoms with Crippen LogP contribution in [0.3, 0.4) is 0 Å². The molecule has 0 aromatic heterocycles. The highest BCUT2D eigenvalue weighted by molar-refractivity contribution is 5.42. The lowest BCUT2D eigenvalue weighted by molar-refractivity contribution is 0.359. The van der Waals surface area contributed by atoms with Gasteiger partial charge in [0, 0.05) is 17.7 Å². The molecule has 3 nitrogen and oxygen atoms in total. The van der Waals surface area contributed by atoms with Crippen molar-refractivity contribution in [3.05, 3.63) is 23.8 Å². The normalized spacial score (nSPS) is 14.2. The quantitative estimate of drug-likeness (QED) is 0.825. The van der Waals surface area contributed by atoms with E-state index in [1.807, 2.05) is 19.2 Å². The van der Waals surface area contributed by atoms with Gasteiger partial charge in [-0.1, -0.05) is 26.3 Å². The fraction of sp³-hybridized carbons (Fsp3) is 0.571. The van der Waals surface area contributed by atoms with Crippen molar-refractivity contribution >= 4 is 0 Å². The van der Waals surface area contributed by atoms with Gasteiger partial charge >= 0.3 is 0 Å². The van der Waals surface area contributed by atoms with Crippen molar-refractivity contribution in [1.29, 1.82) is 0 Å². The summed E-state index contributed by atoms with van der Waals surface area (Å²) in [5.74, 6) is 2.26. The van der Waals surface area contributed by atoms with E-state index in [0.29, 0.717) is 12.0 Å². The summed E-state index contributed by atoms with van der Waals surface area (Å²) in [5.41, 5.74) is 1.19. The zero-order valence-corrected chi connectivity index (χ0v) is 11.4. The Labute approximate surface area is 104 Å². The zero-order chi connectivity index (χ0) is 12.8. The maximum atomic E-state index is 5.45. The average Bonchev–Trinajstić information content (AvgIpc) is 2.39. The first kappa shape index (κ1) is 13.8. The van der Waals surface area contributed by atoms with Gasteiger partial charge in [0.25, 0.3) is 0 Å². The third kappa shape index (κ3) is 3.13. The van der Waals surface area contributed by atoms with Gasteiger partial charge in [0.05, 0.1) is 14.2 Å². The summed E-state index contributed by atoms with van der Waals surface area (Å²) in [4.78, 5) is 0. The molecule has 0 aliphatic carbocycles. The van der Waals surface area contributed by atoms with Crippen molar-refractivity contribution in [3.63, 3.8) is 0 Å². The van der Waals surface area contributed by atoms with E-state index in [1.165, 1.54) is 5.56 Å². The van der Waals surface area contributed by atoms with Crippen molar-refractivity contribution in [3.8, 4) is 11.5 Å². The van der Waals surface area contributed by atoms with E-state index in [9.17, 15) is 0 Å². The van der Waals surface area contributed by atoms with Crippen LogP contribution in [-0.2, 0) is 0 Å². The van der Waals surface area contributed by atoms with E-state index in [0.717, 1.165) is 17.9 Å². The number of hydrogen-bond donors (Lipinski definition) is 1. The van der Waals surface area contributed by atoms with Gasteiger partial charge in [0.15, 0.2) is 0 Å². The van der Waals surface area contributed by atoms with Crippen LogP contribution in [0.5, 0.6) is 11.5 Å². The molecule has 0 heterocycles. The molecule has 1 N–H and O–H groups in total. The summed E-state index contributed by atoms with van der Waals surface area (Å²) in [6.45, 7) is 4.44. The van der Waals surface area contributed by atoms with Crippen LogP contribution in [0.1, 0.15) is 31.9 Å². The fourth-order valence-corrected chi connectivity index (χ4v) is 2.06. The van der Waals surface area contributed by atoms with Crippen molar-refractivity contribution in [2.45, 2.75) is 26.3 Å². The lowest BCUT2D eigenvalue weighted by atomic mass is 9.92. The first-order valence-electron chi connectivity index (χ1n) is 6.07. The molecule has 3 heteroatoms. The van der Waals surface area contributed by atoms with Crippen LogP contribution in [0.2, 0.25) is 0 Å². The molecule has 1 aromatic rings. The first-order chi connectivity index (χ1) is 8.17. The smallest absolute Gasteiger partial charge is 0.127 e. The molecule has 96 valence electrons. The summed E-state index contributed by atoms with van der Waals surface area (Å²) >= 11 is 0. The Hall–Kier alpha value is -1.22. The van der Waals surface area contributed by atoms with Crippen LogP contribution in [0.15, 0.2) is 18.2 Å². The zero-order valence-electron chi connectivity index (χ0n) is 11.4. The number of ether oxygens (including phenoxy) is 2. The Kier molecular flexibility index (Phi) is 5.29. The minimum atomic E-state index is 0.306. The lowest BCUT2D eigenvalue weighted by Gasteiger charge is -2.25. The van der Waals surface area contributed by atoms with Gasteiger partial charge < -0.3 is 14.8 Å². The van der Waals surface area contributed by atoms with E-state index >= 15 is 0 Å². The molecular weight excluding hydrogens is 214 g/mol. The van der Waals surface area contributed by atoms with Crippen LogP contribution in [0.25, 0.3) is 0 Å². The second-order valence-electron chi connectivity index (χ2n) is 4.26. The highest BCUT2D eigenvalue weighted by atomic mass is 16.5. The summed E-state index contributed by atoms with van der Waals surface area (Å²) in [5, 5.41) is 3.36. The summed E-state index contributed by atoms with van der Waals surface area (Å²) < 4.78 is 10.7. The second kappa shape index (κ2) is 6.50. The Morgan fingerprint density at radius 3 is 2.41 bits per heavy atom. The molecule has 2 atom stereocenters. The van der Waals surface area contributed by atoms with Crippen molar-refractivity contribution in [1.82, 2.24) is 5.32 Å². The molecule has 2 unspecified atom stereocenters. The molecule has 0 bridgehead atoms. The number of nitrogens with one attached hydrogen (secondary N) is 1. The van der Waals surface area contributed by atoms with Crippen LogP contribution < -0.4 is 14.8 Å². The third-order valence-corrected chi connectivity index (χ3v) is 3.30. The SMILES string of the molecule is CCC(C)C(NC)c1ccc(OC)cc1OC. The number of methoxy groups -OCH3 is 2. The van der Waals surface area contributed by atoms with Crippen LogP contribution >= 0.6 is 0 Å². The fourth-order valence-electron chi connectivity index (χ4n) is 2.06. The number of rotatable bonds is 6. The summed E-state index contributed by atoms with van der Waals surface area (Å²) in [7, 11) is 5.35. The van der Waals surface area contributed by atoms with Gasteiger partial charge in [-0.25, -0.2) is 0 Å². The van der Waals surface area contributed by atoms with Gasteiger partial charge in [-0.2, -0.15) is 0 Å². The molecular formula is C14H23NO2. The average molecular weight is 237 g/mol. The molecule has 0 saturated carbocycles. The highest BCUT2D eigenvalue weighted by Crippen LogP contribution is 2.33.